The molecule has 1 fully saturated rings. The molecule has 2 atom stereocenters. The van der Waals surface area contributed by atoms with Crippen LogP contribution in [0.3, 0.4) is 0 Å². The van der Waals surface area contributed by atoms with Crippen LogP contribution in [0.15, 0.2) is 30.3 Å². The Hall–Kier alpha value is -1.33. The molecule has 1 aliphatic rings. The van der Waals surface area contributed by atoms with Gasteiger partial charge in [0.05, 0.1) is 12.6 Å². The van der Waals surface area contributed by atoms with E-state index >= 15 is 0 Å². The van der Waals surface area contributed by atoms with Crippen molar-refractivity contribution in [3.8, 4) is 6.07 Å². The van der Waals surface area contributed by atoms with Gasteiger partial charge in [-0.15, -0.1) is 0 Å². The Kier molecular flexibility index (Phi) is 3.96. The summed E-state index contributed by atoms with van der Waals surface area (Å²) >= 11 is 0. The maximum atomic E-state index is 8.59. The highest BCUT2D eigenvalue weighted by Crippen LogP contribution is 2.28. The molecule has 0 spiro atoms. The number of nitriles is 1. The molecular weight excluding hydrogens is 196 g/mol. The van der Waals surface area contributed by atoms with Gasteiger partial charge in [0.2, 0.25) is 0 Å². The van der Waals surface area contributed by atoms with Crippen LogP contribution in [0, 0.1) is 17.2 Å². The van der Waals surface area contributed by atoms with Gasteiger partial charge in [-0.05, 0) is 30.7 Å². The largest absolute Gasteiger partial charge is 0.301 e. The fraction of sp³-hybridized carbons (Fsp3) is 0.500. The normalized spacial score (nSPS) is 24.2. The first-order valence-electron chi connectivity index (χ1n) is 6.04. The third kappa shape index (κ3) is 2.84. The van der Waals surface area contributed by atoms with E-state index in [9.17, 15) is 0 Å². The Labute approximate surface area is 97.3 Å². The van der Waals surface area contributed by atoms with Crippen molar-refractivity contribution in [2.45, 2.75) is 31.7 Å². The average molecular weight is 214 g/mol. The van der Waals surface area contributed by atoms with Crippen molar-refractivity contribution in [2.24, 2.45) is 5.92 Å². The summed E-state index contributed by atoms with van der Waals surface area (Å²) in [6.45, 7) is 0.482. The van der Waals surface area contributed by atoms with Crippen molar-refractivity contribution in [2.75, 3.05) is 6.54 Å². The first-order valence-corrected chi connectivity index (χ1v) is 6.04. The Morgan fingerprint density at radius 1 is 1.25 bits per heavy atom. The summed E-state index contributed by atoms with van der Waals surface area (Å²) in [6, 6.07) is 13.4. The number of hydrogen-bond acceptors (Lipinski definition) is 2. The maximum absolute atomic E-state index is 8.59. The lowest BCUT2D eigenvalue weighted by atomic mass is 9.95. The number of benzene rings is 1. The molecule has 16 heavy (non-hydrogen) atoms. The van der Waals surface area contributed by atoms with Crippen LogP contribution in [0.1, 0.15) is 24.8 Å². The van der Waals surface area contributed by atoms with Gasteiger partial charge >= 0.3 is 0 Å². The van der Waals surface area contributed by atoms with Gasteiger partial charge in [0.1, 0.15) is 0 Å². The van der Waals surface area contributed by atoms with Gasteiger partial charge in [-0.25, -0.2) is 0 Å². The molecule has 1 aromatic rings. The zero-order valence-corrected chi connectivity index (χ0v) is 9.52. The molecular formula is C14H18N2. The van der Waals surface area contributed by atoms with E-state index in [-0.39, 0.29) is 0 Å². The number of hydrogen-bond donors (Lipinski definition) is 1. The van der Waals surface area contributed by atoms with E-state index in [1.165, 1.54) is 24.8 Å². The molecule has 0 aliphatic heterocycles. The molecule has 2 rings (SSSR count). The number of nitrogens with zero attached hydrogens (tertiary/aromatic N) is 1. The van der Waals surface area contributed by atoms with Gasteiger partial charge in [0.15, 0.2) is 0 Å². The zero-order chi connectivity index (χ0) is 11.2. The molecule has 2 nitrogen and oxygen atoms in total. The summed E-state index contributed by atoms with van der Waals surface area (Å²) in [4.78, 5) is 0. The van der Waals surface area contributed by atoms with Crippen LogP contribution in [-0.4, -0.2) is 12.6 Å². The Balaban J connectivity index is 1.91. The minimum atomic E-state index is 0.482. The summed E-state index contributed by atoms with van der Waals surface area (Å²) in [6.07, 6.45) is 4.95. The van der Waals surface area contributed by atoms with Crippen LogP contribution in [0.25, 0.3) is 0 Å². The van der Waals surface area contributed by atoms with E-state index in [4.69, 9.17) is 5.26 Å². The van der Waals surface area contributed by atoms with E-state index in [1.807, 2.05) is 0 Å². The second kappa shape index (κ2) is 5.67. The minimum Gasteiger partial charge on any atom is -0.301 e. The molecule has 84 valence electrons. The molecule has 1 aliphatic carbocycles. The highest BCUT2D eigenvalue weighted by molar-refractivity contribution is 5.16. The first kappa shape index (κ1) is 11.2. The van der Waals surface area contributed by atoms with Gasteiger partial charge in [-0.3, -0.25) is 0 Å². The lowest BCUT2D eigenvalue weighted by Crippen LogP contribution is -2.33. The molecule has 0 aromatic heterocycles. The van der Waals surface area contributed by atoms with Crippen molar-refractivity contribution in [3.05, 3.63) is 35.9 Å². The highest BCUT2D eigenvalue weighted by atomic mass is 14.9. The molecule has 2 heteroatoms. The molecule has 0 amide bonds. The number of nitrogens with one attached hydrogen (secondary N) is 1. The Morgan fingerprint density at radius 3 is 2.81 bits per heavy atom. The maximum Gasteiger partial charge on any atom is 0.0843 e. The van der Waals surface area contributed by atoms with Crippen LogP contribution < -0.4 is 5.32 Å². The van der Waals surface area contributed by atoms with Gasteiger partial charge in [0, 0.05) is 6.04 Å². The monoisotopic (exact) mass is 214 g/mol. The Bertz CT molecular complexity index is 353. The quantitative estimate of drug-likeness (QED) is 0.782. The van der Waals surface area contributed by atoms with Gasteiger partial charge in [-0.2, -0.15) is 5.26 Å². The average Bonchev–Trinajstić information content (AvgIpc) is 2.75. The lowest BCUT2D eigenvalue weighted by Gasteiger charge is -2.19. The zero-order valence-electron chi connectivity index (χ0n) is 9.52. The smallest absolute Gasteiger partial charge is 0.0843 e. The number of rotatable bonds is 4. The van der Waals surface area contributed by atoms with Gasteiger partial charge < -0.3 is 5.32 Å². The van der Waals surface area contributed by atoms with Crippen LogP contribution in [0.5, 0.6) is 0 Å². The van der Waals surface area contributed by atoms with Crippen molar-refractivity contribution in [1.29, 1.82) is 5.26 Å². The van der Waals surface area contributed by atoms with Crippen molar-refractivity contribution < 1.29 is 0 Å². The van der Waals surface area contributed by atoms with Gasteiger partial charge in [-0.1, -0.05) is 36.8 Å². The molecule has 1 aromatic carbocycles. The Morgan fingerprint density at radius 2 is 2.06 bits per heavy atom. The minimum absolute atomic E-state index is 0.482. The summed E-state index contributed by atoms with van der Waals surface area (Å²) in [5.74, 6) is 0.704. The summed E-state index contributed by atoms with van der Waals surface area (Å²) in [5.41, 5.74) is 1.41. The molecule has 0 heterocycles. The highest BCUT2D eigenvalue weighted by Gasteiger charge is 2.26. The predicted octanol–water partition coefficient (Wildman–Crippen LogP) is 2.51. The van der Waals surface area contributed by atoms with Crippen LogP contribution in [0.4, 0.5) is 0 Å². The molecule has 0 radical (unpaired) electrons. The molecule has 2 unspecified atom stereocenters. The first-order chi connectivity index (χ1) is 7.90. The van der Waals surface area contributed by atoms with Crippen LogP contribution >= 0.6 is 0 Å². The van der Waals surface area contributed by atoms with Crippen LogP contribution in [0.2, 0.25) is 0 Å². The van der Waals surface area contributed by atoms with Gasteiger partial charge in [0.25, 0.3) is 0 Å². The predicted molar refractivity (Wildman–Crippen MR) is 64.9 cm³/mol. The summed E-state index contributed by atoms with van der Waals surface area (Å²) < 4.78 is 0. The molecule has 0 bridgehead atoms. The van der Waals surface area contributed by atoms with Crippen molar-refractivity contribution in [1.82, 2.24) is 5.32 Å². The SMILES string of the molecule is N#CCNC1CCCC1Cc1ccccc1. The molecule has 0 saturated heterocycles. The fourth-order valence-corrected chi connectivity index (χ4v) is 2.64. The van der Waals surface area contributed by atoms with E-state index in [2.05, 4.69) is 41.7 Å². The standard InChI is InChI=1S/C14H18N2/c15-9-10-16-14-8-4-7-13(14)11-12-5-2-1-3-6-12/h1-3,5-6,13-14,16H,4,7-8,10-11H2. The summed E-state index contributed by atoms with van der Waals surface area (Å²) in [7, 11) is 0. The lowest BCUT2D eigenvalue weighted by molar-refractivity contribution is 0.413. The van der Waals surface area contributed by atoms with Crippen molar-refractivity contribution in [3.63, 3.8) is 0 Å². The third-order valence-electron chi connectivity index (χ3n) is 3.44. The van der Waals surface area contributed by atoms with Crippen LogP contribution in [-0.2, 0) is 6.42 Å². The molecule has 1 saturated carbocycles. The fourth-order valence-electron chi connectivity index (χ4n) is 2.64. The van der Waals surface area contributed by atoms with E-state index in [1.54, 1.807) is 0 Å². The molecule has 1 N–H and O–H groups in total. The topological polar surface area (TPSA) is 35.8 Å². The summed E-state index contributed by atoms with van der Waals surface area (Å²) in [5, 5.41) is 11.9. The second-order valence-electron chi connectivity index (χ2n) is 4.53. The second-order valence-corrected chi connectivity index (χ2v) is 4.53. The van der Waals surface area contributed by atoms with Crippen molar-refractivity contribution >= 4 is 0 Å². The van der Waals surface area contributed by atoms with E-state index in [0.717, 1.165) is 6.42 Å². The van der Waals surface area contributed by atoms with E-state index in [0.29, 0.717) is 18.5 Å². The van der Waals surface area contributed by atoms with E-state index < -0.39 is 0 Å². The third-order valence-corrected chi connectivity index (χ3v) is 3.44.